The topological polar surface area (TPSA) is 66.8 Å². The number of carbonyl (C=O) groups excluding carboxylic acids is 1. The SMILES string of the molecule is COCCN(CC(=O)O)C(=O)c1cc(F)cc(F)c1. The Morgan fingerprint density at radius 1 is 1.26 bits per heavy atom. The van der Waals surface area contributed by atoms with Crippen LogP contribution in [-0.4, -0.2) is 48.7 Å². The third-order valence-corrected chi connectivity index (χ3v) is 2.29. The average Bonchev–Trinajstić information content (AvgIpc) is 2.32. The van der Waals surface area contributed by atoms with Crippen LogP contribution in [0.2, 0.25) is 0 Å². The number of carboxylic acids is 1. The number of hydrogen-bond donors (Lipinski definition) is 1. The van der Waals surface area contributed by atoms with Crippen LogP contribution >= 0.6 is 0 Å². The van der Waals surface area contributed by atoms with Crippen LogP contribution in [0.4, 0.5) is 8.78 Å². The van der Waals surface area contributed by atoms with Crippen molar-refractivity contribution in [3.8, 4) is 0 Å². The van der Waals surface area contributed by atoms with Crippen molar-refractivity contribution >= 4 is 11.9 Å². The Morgan fingerprint density at radius 2 is 1.84 bits per heavy atom. The van der Waals surface area contributed by atoms with Crippen molar-refractivity contribution in [1.82, 2.24) is 4.90 Å². The highest BCUT2D eigenvalue weighted by Crippen LogP contribution is 2.10. The molecule has 0 saturated heterocycles. The van der Waals surface area contributed by atoms with E-state index in [1.807, 2.05) is 0 Å². The Kier molecular flexibility index (Phi) is 5.37. The van der Waals surface area contributed by atoms with Crippen molar-refractivity contribution in [2.75, 3.05) is 26.8 Å². The Labute approximate surface area is 108 Å². The summed E-state index contributed by atoms with van der Waals surface area (Å²) in [5, 5.41) is 8.71. The first-order valence-corrected chi connectivity index (χ1v) is 5.40. The number of amides is 1. The summed E-state index contributed by atoms with van der Waals surface area (Å²) in [7, 11) is 1.39. The summed E-state index contributed by atoms with van der Waals surface area (Å²) >= 11 is 0. The van der Waals surface area contributed by atoms with E-state index in [4.69, 9.17) is 9.84 Å². The van der Waals surface area contributed by atoms with Crippen LogP contribution in [0.25, 0.3) is 0 Å². The standard InChI is InChI=1S/C12H13F2NO4/c1-19-3-2-15(7-11(16)17)12(18)8-4-9(13)6-10(14)5-8/h4-6H,2-3,7H2,1H3,(H,16,17). The zero-order valence-corrected chi connectivity index (χ0v) is 10.2. The molecular weight excluding hydrogens is 260 g/mol. The number of carboxylic acid groups (broad SMARTS) is 1. The van der Waals surface area contributed by atoms with Gasteiger partial charge in [0.2, 0.25) is 0 Å². The van der Waals surface area contributed by atoms with Gasteiger partial charge < -0.3 is 14.7 Å². The van der Waals surface area contributed by atoms with Gasteiger partial charge in [0.15, 0.2) is 0 Å². The number of rotatable bonds is 6. The molecule has 0 aliphatic rings. The fourth-order valence-electron chi connectivity index (χ4n) is 1.48. The van der Waals surface area contributed by atoms with Gasteiger partial charge in [-0.05, 0) is 12.1 Å². The summed E-state index contributed by atoms with van der Waals surface area (Å²) in [6, 6.07) is 2.34. The monoisotopic (exact) mass is 273 g/mol. The highest BCUT2D eigenvalue weighted by molar-refractivity contribution is 5.95. The van der Waals surface area contributed by atoms with Gasteiger partial charge in [-0.3, -0.25) is 9.59 Å². The molecule has 0 heterocycles. The summed E-state index contributed by atoms with van der Waals surface area (Å²) in [6.07, 6.45) is 0. The molecule has 0 atom stereocenters. The fraction of sp³-hybridized carbons (Fsp3) is 0.333. The lowest BCUT2D eigenvalue weighted by Crippen LogP contribution is -2.38. The summed E-state index contributed by atoms with van der Waals surface area (Å²) < 4.78 is 30.8. The summed E-state index contributed by atoms with van der Waals surface area (Å²) in [4.78, 5) is 23.6. The minimum Gasteiger partial charge on any atom is -0.480 e. The van der Waals surface area contributed by atoms with Gasteiger partial charge in [-0.15, -0.1) is 0 Å². The molecule has 0 spiro atoms. The first-order valence-electron chi connectivity index (χ1n) is 5.40. The second-order valence-electron chi connectivity index (χ2n) is 3.77. The van der Waals surface area contributed by atoms with E-state index < -0.39 is 30.1 Å². The maximum Gasteiger partial charge on any atom is 0.323 e. The Balaban J connectivity index is 2.93. The normalized spacial score (nSPS) is 10.3. The van der Waals surface area contributed by atoms with Gasteiger partial charge in [0.05, 0.1) is 6.61 Å². The Morgan fingerprint density at radius 3 is 2.32 bits per heavy atom. The second-order valence-corrected chi connectivity index (χ2v) is 3.77. The number of halogens is 2. The van der Waals surface area contributed by atoms with Gasteiger partial charge in [0.25, 0.3) is 5.91 Å². The number of aliphatic carboxylic acids is 1. The van der Waals surface area contributed by atoms with Crippen LogP contribution in [0.5, 0.6) is 0 Å². The minimum atomic E-state index is -1.22. The maximum absolute atomic E-state index is 13.0. The zero-order chi connectivity index (χ0) is 14.4. The minimum absolute atomic E-state index is 0.0137. The Hall–Kier alpha value is -2.02. The lowest BCUT2D eigenvalue weighted by Gasteiger charge is -2.20. The van der Waals surface area contributed by atoms with Crippen molar-refractivity contribution in [2.24, 2.45) is 0 Å². The van der Waals surface area contributed by atoms with E-state index >= 15 is 0 Å². The molecule has 1 aromatic carbocycles. The average molecular weight is 273 g/mol. The van der Waals surface area contributed by atoms with E-state index in [9.17, 15) is 18.4 Å². The largest absolute Gasteiger partial charge is 0.480 e. The molecule has 0 radical (unpaired) electrons. The quantitative estimate of drug-likeness (QED) is 0.844. The molecule has 1 amide bonds. The lowest BCUT2D eigenvalue weighted by molar-refractivity contribution is -0.137. The van der Waals surface area contributed by atoms with Gasteiger partial charge in [0.1, 0.15) is 18.2 Å². The Bertz CT molecular complexity index is 459. The highest BCUT2D eigenvalue weighted by Gasteiger charge is 2.19. The molecule has 1 aromatic rings. The van der Waals surface area contributed by atoms with Crippen LogP contribution in [0, 0.1) is 11.6 Å². The molecule has 0 saturated carbocycles. The molecular formula is C12H13F2NO4. The van der Waals surface area contributed by atoms with Gasteiger partial charge in [-0.1, -0.05) is 0 Å². The molecule has 19 heavy (non-hydrogen) atoms. The van der Waals surface area contributed by atoms with Crippen LogP contribution in [0.1, 0.15) is 10.4 Å². The van der Waals surface area contributed by atoms with Crippen molar-refractivity contribution in [3.63, 3.8) is 0 Å². The van der Waals surface area contributed by atoms with Crippen LogP contribution in [0.15, 0.2) is 18.2 Å². The summed E-state index contributed by atoms with van der Waals surface area (Å²) in [5.41, 5.74) is -0.241. The molecule has 0 aliphatic carbocycles. The second kappa shape index (κ2) is 6.79. The molecule has 0 unspecified atom stereocenters. The number of nitrogens with zero attached hydrogens (tertiary/aromatic N) is 1. The van der Waals surface area contributed by atoms with E-state index in [1.54, 1.807) is 0 Å². The molecule has 7 heteroatoms. The van der Waals surface area contributed by atoms with Crippen LogP contribution in [0.3, 0.4) is 0 Å². The number of benzene rings is 1. The van der Waals surface area contributed by atoms with E-state index in [0.717, 1.165) is 17.0 Å². The fourth-order valence-corrected chi connectivity index (χ4v) is 1.48. The number of methoxy groups -OCH3 is 1. The van der Waals surface area contributed by atoms with Crippen molar-refractivity contribution in [1.29, 1.82) is 0 Å². The van der Waals surface area contributed by atoms with Gasteiger partial charge in [-0.2, -0.15) is 0 Å². The predicted molar refractivity (Wildman–Crippen MR) is 61.8 cm³/mol. The van der Waals surface area contributed by atoms with E-state index in [0.29, 0.717) is 6.07 Å². The third-order valence-electron chi connectivity index (χ3n) is 2.29. The molecule has 0 bridgehead atoms. The number of hydrogen-bond acceptors (Lipinski definition) is 3. The molecule has 5 nitrogen and oxygen atoms in total. The third kappa shape index (κ3) is 4.63. The van der Waals surface area contributed by atoms with Gasteiger partial charge in [-0.25, -0.2) is 8.78 Å². The van der Waals surface area contributed by atoms with Gasteiger partial charge in [0, 0.05) is 25.3 Å². The first kappa shape index (κ1) is 15.0. The molecule has 0 aromatic heterocycles. The first-order chi connectivity index (χ1) is 8.93. The highest BCUT2D eigenvalue weighted by atomic mass is 19.1. The van der Waals surface area contributed by atoms with Crippen LogP contribution in [-0.2, 0) is 9.53 Å². The smallest absolute Gasteiger partial charge is 0.323 e. The summed E-state index contributed by atoms with van der Waals surface area (Å²) in [5.74, 6) is -3.78. The zero-order valence-electron chi connectivity index (χ0n) is 10.2. The molecule has 1 N–H and O–H groups in total. The van der Waals surface area contributed by atoms with E-state index in [2.05, 4.69) is 0 Å². The predicted octanol–water partition coefficient (Wildman–Crippen LogP) is 1.14. The van der Waals surface area contributed by atoms with Crippen molar-refractivity contribution in [3.05, 3.63) is 35.4 Å². The lowest BCUT2D eigenvalue weighted by atomic mass is 10.2. The number of carbonyl (C=O) groups is 2. The van der Waals surface area contributed by atoms with E-state index in [1.165, 1.54) is 7.11 Å². The van der Waals surface area contributed by atoms with Gasteiger partial charge >= 0.3 is 5.97 Å². The van der Waals surface area contributed by atoms with Crippen molar-refractivity contribution < 1.29 is 28.2 Å². The van der Waals surface area contributed by atoms with Crippen molar-refractivity contribution in [2.45, 2.75) is 0 Å². The van der Waals surface area contributed by atoms with E-state index in [-0.39, 0.29) is 18.7 Å². The summed E-state index contributed by atoms with van der Waals surface area (Å²) in [6.45, 7) is -0.434. The molecule has 0 aliphatic heterocycles. The van der Waals surface area contributed by atoms with Crippen LogP contribution < -0.4 is 0 Å². The number of ether oxygens (including phenoxy) is 1. The molecule has 104 valence electrons. The molecule has 1 rings (SSSR count). The maximum atomic E-state index is 13.0. The molecule has 0 fully saturated rings.